The average Bonchev–Trinajstić information content (AvgIpc) is 3.22. The SMILES string of the molecule is O=C(CSCC1CCCCO1)NC1C2CCOC2C12CCCC2. The van der Waals surface area contributed by atoms with Crippen LogP contribution in [0.2, 0.25) is 0 Å². The van der Waals surface area contributed by atoms with Crippen LogP contribution in [0.25, 0.3) is 0 Å². The van der Waals surface area contributed by atoms with Crippen LogP contribution in [0.5, 0.6) is 0 Å². The molecule has 4 aliphatic rings. The van der Waals surface area contributed by atoms with Gasteiger partial charge in [-0.15, -0.1) is 11.8 Å². The second-order valence-electron chi connectivity index (χ2n) is 7.73. The Kier molecular flexibility index (Phi) is 4.89. The summed E-state index contributed by atoms with van der Waals surface area (Å²) >= 11 is 1.73. The highest BCUT2D eigenvalue weighted by molar-refractivity contribution is 7.99. The standard InChI is InChI=1S/C18H29NO3S/c20-15(12-23-11-13-5-1-4-9-21-13)19-16-14-6-10-22-17(14)18(16)7-2-3-8-18/h13-14,16-17H,1-12H2,(H,19,20). The molecule has 4 fully saturated rings. The zero-order chi connectivity index (χ0) is 15.7. The minimum atomic E-state index is 0.215. The molecular weight excluding hydrogens is 310 g/mol. The van der Waals surface area contributed by atoms with Crippen molar-refractivity contribution in [1.29, 1.82) is 0 Å². The molecule has 2 aliphatic heterocycles. The van der Waals surface area contributed by atoms with Crippen molar-refractivity contribution in [3.8, 4) is 0 Å². The van der Waals surface area contributed by atoms with Gasteiger partial charge in [0, 0.05) is 36.3 Å². The molecule has 0 aromatic heterocycles. The van der Waals surface area contributed by atoms with Crippen molar-refractivity contribution in [2.24, 2.45) is 11.3 Å². The average molecular weight is 340 g/mol. The second-order valence-corrected chi connectivity index (χ2v) is 8.76. The fraction of sp³-hybridized carbons (Fsp3) is 0.944. The van der Waals surface area contributed by atoms with Crippen molar-refractivity contribution in [2.45, 2.75) is 69.6 Å². The van der Waals surface area contributed by atoms with Gasteiger partial charge in [0.2, 0.25) is 5.91 Å². The van der Waals surface area contributed by atoms with Crippen molar-refractivity contribution in [3.05, 3.63) is 0 Å². The van der Waals surface area contributed by atoms with E-state index >= 15 is 0 Å². The molecule has 23 heavy (non-hydrogen) atoms. The normalized spacial score (nSPS) is 38.3. The number of hydrogen-bond donors (Lipinski definition) is 1. The van der Waals surface area contributed by atoms with Gasteiger partial charge in [-0.05, 0) is 38.5 Å². The molecule has 4 nitrogen and oxygen atoms in total. The maximum atomic E-state index is 12.4. The van der Waals surface area contributed by atoms with E-state index in [1.54, 1.807) is 11.8 Å². The van der Waals surface area contributed by atoms with E-state index < -0.39 is 0 Å². The van der Waals surface area contributed by atoms with E-state index in [4.69, 9.17) is 9.47 Å². The number of ether oxygens (including phenoxy) is 2. The minimum absolute atomic E-state index is 0.215. The van der Waals surface area contributed by atoms with Crippen molar-refractivity contribution in [2.75, 3.05) is 24.7 Å². The summed E-state index contributed by atoms with van der Waals surface area (Å²) in [7, 11) is 0. The number of hydrogen-bond acceptors (Lipinski definition) is 4. The summed E-state index contributed by atoms with van der Waals surface area (Å²) in [5.74, 6) is 2.32. The number of nitrogens with one attached hydrogen (secondary N) is 1. The zero-order valence-electron chi connectivity index (χ0n) is 13.9. The van der Waals surface area contributed by atoms with Crippen molar-refractivity contribution in [3.63, 3.8) is 0 Å². The van der Waals surface area contributed by atoms with E-state index in [1.165, 1.54) is 38.5 Å². The molecule has 0 aromatic rings. The molecule has 130 valence electrons. The molecule has 4 atom stereocenters. The van der Waals surface area contributed by atoms with Crippen LogP contribution in [0.15, 0.2) is 0 Å². The summed E-state index contributed by atoms with van der Waals surface area (Å²) in [5, 5.41) is 3.38. The molecule has 0 radical (unpaired) electrons. The van der Waals surface area contributed by atoms with Crippen LogP contribution in [-0.2, 0) is 14.3 Å². The van der Waals surface area contributed by atoms with E-state index in [1.807, 2.05) is 0 Å². The first-order valence-corrected chi connectivity index (χ1v) is 10.6. The van der Waals surface area contributed by atoms with E-state index in [9.17, 15) is 4.79 Å². The van der Waals surface area contributed by atoms with Crippen molar-refractivity contribution < 1.29 is 14.3 Å². The van der Waals surface area contributed by atoms with Gasteiger partial charge in [-0.2, -0.15) is 0 Å². The maximum Gasteiger partial charge on any atom is 0.230 e. The van der Waals surface area contributed by atoms with Crippen molar-refractivity contribution >= 4 is 17.7 Å². The van der Waals surface area contributed by atoms with Crippen LogP contribution in [0.3, 0.4) is 0 Å². The topological polar surface area (TPSA) is 47.6 Å². The Hall–Kier alpha value is -0.260. The van der Waals surface area contributed by atoms with E-state index in [0.717, 1.165) is 31.8 Å². The lowest BCUT2D eigenvalue weighted by Crippen LogP contribution is -2.68. The summed E-state index contributed by atoms with van der Waals surface area (Å²) in [6, 6.07) is 0.372. The molecule has 2 aliphatic carbocycles. The van der Waals surface area contributed by atoms with Gasteiger partial charge in [-0.25, -0.2) is 0 Å². The second kappa shape index (κ2) is 6.93. The largest absolute Gasteiger partial charge is 0.377 e. The molecule has 2 saturated heterocycles. The quantitative estimate of drug-likeness (QED) is 0.837. The smallest absolute Gasteiger partial charge is 0.230 e. The fourth-order valence-corrected chi connectivity index (χ4v) is 6.25. The van der Waals surface area contributed by atoms with Gasteiger partial charge in [0.15, 0.2) is 0 Å². The summed E-state index contributed by atoms with van der Waals surface area (Å²) in [5.41, 5.74) is 0.272. The van der Waals surface area contributed by atoms with E-state index in [0.29, 0.717) is 29.9 Å². The Morgan fingerprint density at radius 3 is 2.74 bits per heavy atom. The Morgan fingerprint density at radius 1 is 1.09 bits per heavy atom. The third kappa shape index (κ3) is 3.05. The highest BCUT2D eigenvalue weighted by atomic mass is 32.2. The molecule has 0 bridgehead atoms. The van der Waals surface area contributed by atoms with Gasteiger partial charge in [0.05, 0.1) is 18.0 Å². The lowest BCUT2D eigenvalue weighted by atomic mass is 9.54. The summed E-state index contributed by atoms with van der Waals surface area (Å²) in [6.45, 7) is 1.78. The molecule has 4 rings (SSSR count). The van der Waals surface area contributed by atoms with Crippen LogP contribution in [0, 0.1) is 11.3 Å². The third-order valence-corrected chi connectivity index (χ3v) is 7.49. The van der Waals surface area contributed by atoms with Crippen LogP contribution in [0.4, 0.5) is 0 Å². The predicted octanol–water partition coefficient (Wildman–Crippen LogP) is 2.75. The Balaban J connectivity index is 1.25. The first-order valence-electron chi connectivity index (χ1n) is 9.40. The number of thioether (sulfide) groups is 1. The van der Waals surface area contributed by atoms with Gasteiger partial charge in [-0.1, -0.05) is 12.8 Å². The lowest BCUT2D eigenvalue weighted by molar-refractivity contribution is -0.144. The molecule has 1 spiro atoms. The predicted molar refractivity (Wildman–Crippen MR) is 91.6 cm³/mol. The van der Waals surface area contributed by atoms with Gasteiger partial charge in [0.25, 0.3) is 0 Å². The van der Waals surface area contributed by atoms with Gasteiger partial charge in [0.1, 0.15) is 0 Å². The molecule has 1 amide bonds. The van der Waals surface area contributed by atoms with Gasteiger partial charge >= 0.3 is 0 Å². The number of rotatable bonds is 5. The molecule has 5 heteroatoms. The molecule has 0 aromatic carbocycles. The lowest BCUT2D eigenvalue weighted by Gasteiger charge is -2.56. The zero-order valence-corrected chi connectivity index (χ0v) is 14.7. The van der Waals surface area contributed by atoms with Crippen LogP contribution in [0.1, 0.15) is 51.4 Å². The molecular formula is C18H29NO3S. The molecule has 2 saturated carbocycles. The van der Waals surface area contributed by atoms with Crippen LogP contribution in [-0.4, -0.2) is 48.9 Å². The number of carbonyl (C=O) groups is 1. The summed E-state index contributed by atoms with van der Waals surface area (Å²) < 4.78 is 11.7. The van der Waals surface area contributed by atoms with Crippen LogP contribution < -0.4 is 5.32 Å². The Labute approximate surface area is 143 Å². The maximum absolute atomic E-state index is 12.4. The summed E-state index contributed by atoms with van der Waals surface area (Å²) in [4.78, 5) is 12.4. The first kappa shape index (κ1) is 16.2. The minimum Gasteiger partial charge on any atom is -0.377 e. The summed E-state index contributed by atoms with van der Waals surface area (Å²) in [6.07, 6.45) is 10.6. The Morgan fingerprint density at radius 2 is 1.96 bits per heavy atom. The number of carbonyl (C=O) groups excluding carboxylic acids is 1. The molecule has 4 unspecified atom stereocenters. The highest BCUT2D eigenvalue weighted by Crippen LogP contribution is 2.60. The molecule has 1 N–H and O–H groups in total. The van der Waals surface area contributed by atoms with E-state index in [2.05, 4.69) is 5.32 Å². The number of fused-ring (bicyclic) bond motifs is 2. The van der Waals surface area contributed by atoms with Crippen molar-refractivity contribution in [1.82, 2.24) is 5.32 Å². The van der Waals surface area contributed by atoms with Crippen LogP contribution >= 0.6 is 11.8 Å². The Bertz CT molecular complexity index is 432. The monoisotopic (exact) mass is 339 g/mol. The van der Waals surface area contributed by atoms with E-state index in [-0.39, 0.29) is 11.3 Å². The first-order chi connectivity index (χ1) is 11.3. The fourth-order valence-electron chi connectivity index (χ4n) is 5.34. The van der Waals surface area contributed by atoms with Gasteiger partial charge < -0.3 is 14.8 Å². The number of amides is 1. The molecule has 2 heterocycles. The third-order valence-electron chi connectivity index (χ3n) is 6.41. The van der Waals surface area contributed by atoms with Gasteiger partial charge in [-0.3, -0.25) is 4.79 Å². The highest BCUT2D eigenvalue weighted by Gasteiger charge is 2.65.